The molecular weight excluding hydrogens is 310 g/mol. The predicted molar refractivity (Wildman–Crippen MR) is 76.1 cm³/mol. The summed E-state index contributed by atoms with van der Waals surface area (Å²) in [6.45, 7) is 6.15. The molecular formula is C12H16BrN5O. The maximum atomic E-state index is 5.46. The Balaban J connectivity index is 1.81. The van der Waals surface area contributed by atoms with Crippen LogP contribution in [0.25, 0.3) is 11.6 Å². The molecule has 0 saturated carbocycles. The molecule has 2 N–H and O–H groups in total. The number of nitrogens with one attached hydrogen (secondary N) is 2. The van der Waals surface area contributed by atoms with Gasteiger partial charge in [0.05, 0.1) is 0 Å². The standard InChI is InChI=1S/C12H16BrN5O/c1-7-5-18(6-8(2)14-7)12-15-11(16-17-12)9-3-4-10(13)19-9/h3-4,7-8,14H,5-6H2,1-2H3,(H,15,16,17). The van der Waals surface area contributed by atoms with E-state index in [1.165, 1.54) is 0 Å². The van der Waals surface area contributed by atoms with Crippen molar-refractivity contribution in [2.45, 2.75) is 25.9 Å². The van der Waals surface area contributed by atoms with Crippen molar-refractivity contribution in [1.29, 1.82) is 0 Å². The second kappa shape index (κ2) is 4.97. The topological polar surface area (TPSA) is 70.0 Å². The Morgan fingerprint density at radius 2 is 2.05 bits per heavy atom. The molecule has 0 aromatic carbocycles. The molecule has 1 aliphatic heterocycles. The van der Waals surface area contributed by atoms with Crippen molar-refractivity contribution in [2.24, 2.45) is 0 Å². The Hall–Kier alpha value is -1.34. The van der Waals surface area contributed by atoms with Gasteiger partial charge in [0.1, 0.15) is 0 Å². The number of piperazine rings is 1. The van der Waals surface area contributed by atoms with Gasteiger partial charge in [-0.05, 0) is 41.9 Å². The molecule has 3 heterocycles. The largest absolute Gasteiger partial charge is 0.446 e. The molecule has 2 aromatic rings. The molecule has 19 heavy (non-hydrogen) atoms. The number of halogens is 1. The van der Waals surface area contributed by atoms with E-state index in [4.69, 9.17) is 4.42 Å². The molecule has 2 atom stereocenters. The van der Waals surface area contributed by atoms with Gasteiger partial charge >= 0.3 is 0 Å². The van der Waals surface area contributed by atoms with Crippen molar-refractivity contribution in [3.05, 3.63) is 16.8 Å². The zero-order valence-corrected chi connectivity index (χ0v) is 12.4. The SMILES string of the molecule is CC1CN(c2n[nH]c(-c3ccc(Br)o3)n2)CC(C)N1. The van der Waals surface area contributed by atoms with Crippen LogP contribution in [-0.4, -0.2) is 40.4 Å². The molecule has 0 amide bonds. The van der Waals surface area contributed by atoms with Crippen LogP contribution in [0.5, 0.6) is 0 Å². The van der Waals surface area contributed by atoms with Gasteiger partial charge in [0.25, 0.3) is 0 Å². The van der Waals surface area contributed by atoms with Gasteiger partial charge in [0.15, 0.2) is 16.3 Å². The number of hydrogen-bond donors (Lipinski definition) is 2. The smallest absolute Gasteiger partial charge is 0.245 e. The van der Waals surface area contributed by atoms with Crippen molar-refractivity contribution in [1.82, 2.24) is 20.5 Å². The Morgan fingerprint density at radius 1 is 1.32 bits per heavy atom. The highest BCUT2D eigenvalue weighted by molar-refractivity contribution is 9.10. The van der Waals surface area contributed by atoms with Gasteiger partial charge in [-0.2, -0.15) is 4.98 Å². The molecule has 1 aliphatic rings. The third kappa shape index (κ3) is 2.66. The van der Waals surface area contributed by atoms with Crippen LogP contribution >= 0.6 is 15.9 Å². The molecule has 1 saturated heterocycles. The zero-order valence-electron chi connectivity index (χ0n) is 10.9. The van der Waals surface area contributed by atoms with E-state index >= 15 is 0 Å². The summed E-state index contributed by atoms with van der Waals surface area (Å²) in [6, 6.07) is 4.57. The highest BCUT2D eigenvalue weighted by Gasteiger charge is 2.24. The number of anilines is 1. The molecule has 6 nitrogen and oxygen atoms in total. The lowest BCUT2D eigenvalue weighted by Crippen LogP contribution is -2.54. The zero-order chi connectivity index (χ0) is 13.4. The predicted octanol–water partition coefficient (Wildman–Crippen LogP) is 2.01. The maximum absolute atomic E-state index is 5.46. The van der Waals surface area contributed by atoms with E-state index < -0.39 is 0 Å². The summed E-state index contributed by atoms with van der Waals surface area (Å²) in [5, 5.41) is 10.7. The first-order valence-corrected chi connectivity index (χ1v) is 7.10. The van der Waals surface area contributed by atoms with Crippen molar-refractivity contribution in [2.75, 3.05) is 18.0 Å². The van der Waals surface area contributed by atoms with Gasteiger partial charge in [-0.15, -0.1) is 5.10 Å². The van der Waals surface area contributed by atoms with E-state index in [1.807, 2.05) is 12.1 Å². The molecule has 7 heteroatoms. The Kier molecular flexibility index (Phi) is 3.32. The second-order valence-electron chi connectivity index (χ2n) is 4.96. The molecule has 3 rings (SSSR count). The Bertz CT molecular complexity index is 556. The third-order valence-electron chi connectivity index (χ3n) is 3.12. The second-order valence-corrected chi connectivity index (χ2v) is 5.74. The summed E-state index contributed by atoms with van der Waals surface area (Å²) in [7, 11) is 0. The molecule has 0 spiro atoms. The Morgan fingerprint density at radius 3 is 2.68 bits per heavy atom. The molecule has 102 valence electrons. The van der Waals surface area contributed by atoms with Gasteiger partial charge < -0.3 is 14.6 Å². The number of aromatic nitrogens is 3. The van der Waals surface area contributed by atoms with Gasteiger partial charge in [0, 0.05) is 25.2 Å². The summed E-state index contributed by atoms with van der Waals surface area (Å²) in [4.78, 5) is 6.69. The van der Waals surface area contributed by atoms with Crippen LogP contribution < -0.4 is 10.2 Å². The highest BCUT2D eigenvalue weighted by atomic mass is 79.9. The summed E-state index contributed by atoms with van der Waals surface area (Å²) in [6.07, 6.45) is 0. The van der Waals surface area contributed by atoms with E-state index in [0.29, 0.717) is 28.3 Å². The molecule has 1 fully saturated rings. The molecule has 0 radical (unpaired) electrons. The van der Waals surface area contributed by atoms with Gasteiger partial charge in [0.2, 0.25) is 5.95 Å². The quantitative estimate of drug-likeness (QED) is 0.883. The number of furan rings is 1. The molecule has 2 unspecified atom stereocenters. The summed E-state index contributed by atoms with van der Waals surface area (Å²) in [5.41, 5.74) is 0. The fraction of sp³-hybridized carbons (Fsp3) is 0.500. The van der Waals surface area contributed by atoms with Crippen LogP contribution in [0.2, 0.25) is 0 Å². The highest BCUT2D eigenvalue weighted by Crippen LogP contribution is 2.23. The molecule has 0 bridgehead atoms. The van der Waals surface area contributed by atoms with Crippen LogP contribution in [0.4, 0.5) is 5.95 Å². The monoisotopic (exact) mass is 325 g/mol. The molecule has 0 aliphatic carbocycles. The first-order valence-electron chi connectivity index (χ1n) is 6.31. The van der Waals surface area contributed by atoms with Crippen molar-refractivity contribution < 1.29 is 4.42 Å². The minimum absolute atomic E-state index is 0.434. The number of H-pyrrole nitrogens is 1. The first kappa shape index (κ1) is 12.7. The van der Waals surface area contributed by atoms with Crippen molar-refractivity contribution in [3.63, 3.8) is 0 Å². The average molecular weight is 326 g/mol. The van der Waals surface area contributed by atoms with Crippen LogP contribution in [0.3, 0.4) is 0 Å². The lowest BCUT2D eigenvalue weighted by Gasteiger charge is -2.35. The minimum Gasteiger partial charge on any atom is -0.446 e. The van der Waals surface area contributed by atoms with Crippen molar-refractivity contribution in [3.8, 4) is 11.6 Å². The molecule has 2 aromatic heterocycles. The Labute approximate surface area is 119 Å². The van der Waals surface area contributed by atoms with Crippen LogP contribution in [0, 0.1) is 0 Å². The number of aromatic amines is 1. The van der Waals surface area contributed by atoms with Gasteiger partial charge in [-0.1, -0.05) is 0 Å². The number of rotatable bonds is 2. The van der Waals surface area contributed by atoms with E-state index in [-0.39, 0.29) is 0 Å². The van der Waals surface area contributed by atoms with E-state index in [0.717, 1.165) is 19.0 Å². The summed E-state index contributed by atoms with van der Waals surface area (Å²) >= 11 is 3.28. The average Bonchev–Trinajstić information content (AvgIpc) is 2.95. The lowest BCUT2D eigenvalue weighted by atomic mass is 10.1. The third-order valence-corrected chi connectivity index (χ3v) is 3.55. The summed E-state index contributed by atoms with van der Waals surface area (Å²) < 4.78 is 6.15. The number of nitrogens with zero attached hydrogens (tertiary/aromatic N) is 3. The maximum Gasteiger partial charge on any atom is 0.245 e. The van der Waals surface area contributed by atoms with E-state index in [2.05, 4.69) is 55.2 Å². The normalized spacial score (nSPS) is 23.8. The van der Waals surface area contributed by atoms with Crippen LogP contribution in [0.1, 0.15) is 13.8 Å². The summed E-state index contributed by atoms with van der Waals surface area (Å²) in [5.74, 6) is 2.06. The first-order chi connectivity index (χ1) is 9.11. The van der Waals surface area contributed by atoms with E-state index in [1.54, 1.807) is 0 Å². The number of hydrogen-bond acceptors (Lipinski definition) is 5. The van der Waals surface area contributed by atoms with Gasteiger partial charge in [-0.25, -0.2) is 0 Å². The van der Waals surface area contributed by atoms with Gasteiger partial charge in [-0.3, -0.25) is 5.10 Å². The van der Waals surface area contributed by atoms with E-state index in [9.17, 15) is 0 Å². The minimum atomic E-state index is 0.434. The fourth-order valence-electron chi connectivity index (χ4n) is 2.44. The van der Waals surface area contributed by atoms with Crippen LogP contribution in [0.15, 0.2) is 21.2 Å². The fourth-order valence-corrected chi connectivity index (χ4v) is 2.74. The lowest BCUT2D eigenvalue weighted by molar-refractivity contribution is 0.403. The van der Waals surface area contributed by atoms with Crippen LogP contribution in [-0.2, 0) is 0 Å². The van der Waals surface area contributed by atoms with Crippen molar-refractivity contribution >= 4 is 21.9 Å².